The maximum Gasteiger partial charge on any atom is 0.220 e. The number of aryl methyl sites for hydroxylation is 1. The Morgan fingerprint density at radius 2 is 1.89 bits per heavy atom. The molecule has 27 heavy (non-hydrogen) atoms. The summed E-state index contributed by atoms with van der Waals surface area (Å²) < 4.78 is 5.75. The minimum absolute atomic E-state index is 0. The average Bonchev–Trinajstić information content (AvgIpc) is 3.15. The Morgan fingerprint density at radius 1 is 1.19 bits per heavy atom. The summed E-state index contributed by atoms with van der Waals surface area (Å²) in [5, 5.41) is 3.11. The second-order valence-electron chi connectivity index (χ2n) is 6.79. The van der Waals surface area contributed by atoms with Crippen molar-refractivity contribution in [2.45, 2.75) is 51.0 Å². The molecule has 1 aliphatic carbocycles. The first-order chi connectivity index (χ1) is 12.3. The quantitative estimate of drug-likeness (QED) is 0.714. The molecule has 3 rings (SSSR count). The van der Waals surface area contributed by atoms with Gasteiger partial charge in [-0.15, -0.1) is 24.8 Å². The van der Waals surface area contributed by atoms with Crippen molar-refractivity contribution in [2.24, 2.45) is 11.7 Å². The molecule has 1 amide bonds. The third-order valence-corrected chi connectivity index (χ3v) is 5.00. The molecule has 2 aromatic rings. The highest BCUT2D eigenvalue weighted by atomic mass is 35.5. The zero-order chi connectivity index (χ0) is 17.5. The van der Waals surface area contributed by atoms with Crippen LogP contribution in [0.2, 0.25) is 0 Å². The number of rotatable bonds is 7. The van der Waals surface area contributed by atoms with Gasteiger partial charge in [-0.05, 0) is 18.8 Å². The molecule has 0 radical (unpaired) electrons. The number of aromatic nitrogens is 1. The van der Waals surface area contributed by atoms with E-state index >= 15 is 0 Å². The summed E-state index contributed by atoms with van der Waals surface area (Å²) in [6.45, 7) is 0.508. The Labute approximate surface area is 173 Å². The van der Waals surface area contributed by atoms with Crippen LogP contribution in [0.3, 0.4) is 0 Å². The first kappa shape index (κ1) is 23.5. The number of amides is 1. The number of carbonyl (C=O) groups is 1. The summed E-state index contributed by atoms with van der Waals surface area (Å²) in [5.41, 5.74) is 6.87. The number of benzene rings is 1. The summed E-state index contributed by atoms with van der Waals surface area (Å²) in [7, 11) is 0. The lowest BCUT2D eigenvalue weighted by Crippen LogP contribution is -2.46. The van der Waals surface area contributed by atoms with Gasteiger partial charge in [-0.3, -0.25) is 4.79 Å². The second kappa shape index (κ2) is 12.0. The summed E-state index contributed by atoms with van der Waals surface area (Å²) in [5.74, 6) is 1.88. The Hall–Kier alpha value is -1.56. The second-order valence-corrected chi connectivity index (χ2v) is 6.79. The zero-order valence-electron chi connectivity index (χ0n) is 15.4. The SMILES string of the molecule is Cl.Cl.NCC(NC(=O)CCc1ncc(-c2ccccc2)o1)C1CCCCC1. The largest absolute Gasteiger partial charge is 0.441 e. The predicted molar refractivity (Wildman–Crippen MR) is 112 cm³/mol. The van der Waals surface area contributed by atoms with E-state index in [2.05, 4.69) is 10.3 Å². The van der Waals surface area contributed by atoms with Crippen molar-refractivity contribution in [3.8, 4) is 11.3 Å². The molecule has 5 nitrogen and oxygen atoms in total. The maximum absolute atomic E-state index is 12.3. The van der Waals surface area contributed by atoms with Crippen molar-refractivity contribution in [1.29, 1.82) is 0 Å². The van der Waals surface area contributed by atoms with Gasteiger partial charge in [-0.2, -0.15) is 0 Å². The van der Waals surface area contributed by atoms with Crippen LogP contribution in [0.25, 0.3) is 11.3 Å². The normalized spacial score (nSPS) is 15.3. The van der Waals surface area contributed by atoms with E-state index in [9.17, 15) is 4.79 Å². The van der Waals surface area contributed by atoms with Crippen molar-refractivity contribution in [3.63, 3.8) is 0 Å². The highest BCUT2D eigenvalue weighted by molar-refractivity contribution is 5.85. The number of hydrogen-bond acceptors (Lipinski definition) is 4. The molecule has 1 aliphatic rings. The molecule has 1 atom stereocenters. The Kier molecular flexibility index (Phi) is 10.4. The fourth-order valence-electron chi connectivity index (χ4n) is 3.57. The van der Waals surface area contributed by atoms with Gasteiger partial charge in [0.2, 0.25) is 5.91 Å². The van der Waals surface area contributed by atoms with Gasteiger partial charge in [0.1, 0.15) is 0 Å². The van der Waals surface area contributed by atoms with E-state index in [1.807, 2.05) is 30.3 Å². The van der Waals surface area contributed by atoms with Gasteiger partial charge in [0.15, 0.2) is 11.7 Å². The topological polar surface area (TPSA) is 81.1 Å². The molecule has 1 fully saturated rings. The Bertz CT molecular complexity index is 673. The van der Waals surface area contributed by atoms with E-state index in [0.29, 0.717) is 31.2 Å². The highest BCUT2D eigenvalue weighted by Gasteiger charge is 2.24. The molecule has 0 spiro atoms. The first-order valence-corrected chi connectivity index (χ1v) is 9.26. The molecule has 0 aliphatic heterocycles. The van der Waals surface area contributed by atoms with Crippen LogP contribution in [0, 0.1) is 5.92 Å². The van der Waals surface area contributed by atoms with Crippen LogP contribution in [0.1, 0.15) is 44.4 Å². The minimum Gasteiger partial charge on any atom is -0.441 e. The fourth-order valence-corrected chi connectivity index (χ4v) is 3.57. The summed E-state index contributed by atoms with van der Waals surface area (Å²) >= 11 is 0. The number of nitrogens with zero attached hydrogens (tertiary/aromatic N) is 1. The molecule has 0 saturated heterocycles. The van der Waals surface area contributed by atoms with Crippen molar-refractivity contribution in [1.82, 2.24) is 10.3 Å². The Balaban J connectivity index is 0.00000182. The molecular weight excluding hydrogens is 385 g/mol. The van der Waals surface area contributed by atoms with Crippen molar-refractivity contribution >= 4 is 30.7 Å². The van der Waals surface area contributed by atoms with Crippen molar-refractivity contribution < 1.29 is 9.21 Å². The van der Waals surface area contributed by atoms with Gasteiger partial charge in [0.05, 0.1) is 6.20 Å². The standard InChI is InChI=1S/C20H27N3O2.2ClH/c21-13-17(15-7-3-1-4-8-15)23-19(24)11-12-20-22-14-18(25-20)16-9-5-2-6-10-16;;/h2,5-6,9-10,14-15,17H,1,3-4,7-8,11-13,21H2,(H,23,24);2*1H. The molecule has 1 saturated carbocycles. The average molecular weight is 414 g/mol. The van der Waals surface area contributed by atoms with Gasteiger partial charge in [0, 0.05) is 31.0 Å². The molecule has 7 heteroatoms. The zero-order valence-corrected chi connectivity index (χ0v) is 17.1. The molecular formula is C20H29Cl2N3O2. The van der Waals surface area contributed by atoms with Gasteiger partial charge >= 0.3 is 0 Å². The number of oxazole rings is 1. The number of hydrogen-bond donors (Lipinski definition) is 2. The van der Waals surface area contributed by atoms with Crippen LogP contribution in [0.5, 0.6) is 0 Å². The molecule has 1 unspecified atom stereocenters. The first-order valence-electron chi connectivity index (χ1n) is 9.26. The lowest BCUT2D eigenvalue weighted by Gasteiger charge is -2.30. The lowest BCUT2D eigenvalue weighted by atomic mass is 9.84. The van der Waals surface area contributed by atoms with Crippen LogP contribution in [-0.2, 0) is 11.2 Å². The molecule has 1 aromatic carbocycles. The molecule has 150 valence electrons. The van der Waals surface area contributed by atoms with E-state index < -0.39 is 0 Å². The van der Waals surface area contributed by atoms with Crippen LogP contribution in [0.4, 0.5) is 0 Å². The van der Waals surface area contributed by atoms with E-state index in [0.717, 1.165) is 11.3 Å². The van der Waals surface area contributed by atoms with Crippen molar-refractivity contribution in [2.75, 3.05) is 6.54 Å². The van der Waals surface area contributed by atoms with Crippen molar-refractivity contribution in [3.05, 3.63) is 42.4 Å². The number of nitrogens with one attached hydrogen (secondary N) is 1. The summed E-state index contributed by atoms with van der Waals surface area (Å²) in [6, 6.07) is 9.94. The van der Waals surface area contributed by atoms with Gasteiger partial charge < -0.3 is 15.5 Å². The van der Waals surface area contributed by atoms with E-state index in [1.54, 1.807) is 6.20 Å². The molecule has 1 aromatic heterocycles. The van der Waals surface area contributed by atoms with Gasteiger partial charge in [-0.1, -0.05) is 49.6 Å². The maximum atomic E-state index is 12.3. The van der Waals surface area contributed by atoms with Gasteiger partial charge in [0.25, 0.3) is 0 Å². The van der Waals surface area contributed by atoms with E-state index in [1.165, 1.54) is 32.1 Å². The molecule has 0 bridgehead atoms. The van der Waals surface area contributed by atoms with Gasteiger partial charge in [-0.25, -0.2) is 4.98 Å². The Morgan fingerprint density at radius 3 is 2.56 bits per heavy atom. The summed E-state index contributed by atoms with van der Waals surface area (Å²) in [4.78, 5) is 16.6. The predicted octanol–water partition coefficient (Wildman–Crippen LogP) is 4.14. The van der Waals surface area contributed by atoms with Crippen LogP contribution < -0.4 is 11.1 Å². The molecule has 1 heterocycles. The van der Waals surface area contributed by atoms with Crippen LogP contribution in [-0.4, -0.2) is 23.5 Å². The molecule has 3 N–H and O–H groups in total. The fraction of sp³-hybridized carbons (Fsp3) is 0.500. The lowest BCUT2D eigenvalue weighted by molar-refractivity contribution is -0.122. The number of nitrogens with two attached hydrogens (primary N) is 1. The number of carbonyl (C=O) groups excluding carboxylic acids is 1. The van der Waals surface area contributed by atoms with E-state index in [4.69, 9.17) is 10.2 Å². The monoisotopic (exact) mass is 413 g/mol. The highest BCUT2D eigenvalue weighted by Crippen LogP contribution is 2.26. The third-order valence-electron chi connectivity index (χ3n) is 5.00. The van der Waals surface area contributed by atoms with E-state index in [-0.39, 0.29) is 36.8 Å². The number of halogens is 2. The minimum atomic E-state index is 0. The van der Waals surface area contributed by atoms with Crippen LogP contribution in [0.15, 0.2) is 40.9 Å². The smallest absolute Gasteiger partial charge is 0.220 e. The van der Waals surface area contributed by atoms with Crippen LogP contribution >= 0.6 is 24.8 Å². The summed E-state index contributed by atoms with van der Waals surface area (Å²) in [6.07, 6.45) is 8.72. The third kappa shape index (κ3) is 6.83.